The Hall–Kier alpha value is -3.00. The summed E-state index contributed by atoms with van der Waals surface area (Å²) in [5, 5.41) is 2.57. The highest BCUT2D eigenvalue weighted by molar-refractivity contribution is 9.10. The average molecular weight is 548 g/mol. The van der Waals surface area contributed by atoms with Crippen LogP contribution in [-0.4, -0.2) is 17.8 Å². The highest BCUT2D eigenvalue weighted by Gasteiger charge is 2.37. The summed E-state index contributed by atoms with van der Waals surface area (Å²) >= 11 is 15.3. The molecule has 0 aromatic heterocycles. The van der Waals surface area contributed by atoms with Crippen molar-refractivity contribution in [1.29, 1.82) is 0 Å². The zero-order valence-corrected chi connectivity index (χ0v) is 19.8. The van der Waals surface area contributed by atoms with Crippen LogP contribution < -0.4 is 10.2 Å². The Balaban J connectivity index is 1.76. The summed E-state index contributed by atoms with van der Waals surface area (Å²) < 4.78 is 14.9. The molecular weight excluding hydrogens is 534 g/mol. The van der Waals surface area contributed by atoms with E-state index in [0.717, 1.165) is 4.90 Å². The molecule has 1 aliphatic rings. The Morgan fingerprint density at radius 3 is 2.42 bits per heavy atom. The molecular formula is C24H14BrCl2FN2O3. The van der Waals surface area contributed by atoms with E-state index in [0.29, 0.717) is 21.2 Å². The molecule has 1 aliphatic heterocycles. The van der Waals surface area contributed by atoms with Crippen molar-refractivity contribution >= 4 is 68.7 Å². The summed E-state index contributed by atoms with van der Waals surface area (Å²) in [5.41, 5.74) is 1.58. The van der Waals surface area contributed by atoms with E-state index >= 15 is 0 Å². The number of imide groups is 2. The van der Waals surface area contributed by atoms with Gasteiger partial charge in [-0.05, 0) is 59.2 Å². The first kappa shape index (κ1) is 23.2. The molecule has 1 heterocycles. The minimum atomic E-state index is -0.902. The highest BCUT2D eigenvalue weighted by atomic mass is 79.9. The number of amides is 4. The van der Waals surface area contributed by atoms with Gasteiger partial charge in [0.2, 0.25) is 0 Å². The largest absolute Gasteiger partial charge is 0.335 e. The van der Waals surface area contributed by atoms with Gasteiger partial charge >= 0.3 is 6.03 Å². The first-order valence-corrected chi connectivity index (χ1v) is 11.2. The van der Waals surface area contributed by atoms with Crippen LogP contribution in [0.3, 0.4) is 0 Å². The van der Waals surface area contributed by atoms with Crippen molar-refractivity contribution in [1.82, 2.24) is 5.32 Å². The first-order valence-electron chi connectivity index (χ1n) is 9.63. The number of benzene rings is 3. The molecule has 0 spiro atoms. The smallest absolute Gasteiger partial charge is 0.273 e. The number of hydrogen-bond donors (Lipinski definition) is 1. The van der Waals surface area contributed by atoms with E-state index in [1.807, 2.05) is 0 Å². The van der Waals surface area contributed by atoms with E-state index in [4.69, 9.17) is 23.2 Å². The van der Waals surface area contributed by atoms with Crippen molar-refractivity contribution in [2.45, 2.75) is 6.42 Å². The Bertz CT molecular complexity index is 1340. The molecule has 33 heavy (non-hydrogen) atoms. The number of hydrogen-bond acceptors (Lipinski definition) is 3. The Morgan fingerprint density at radius 2 is 1.70 bits per heavy atom. The van der Waals surface area contributed by atoms with Crippen LogP contribution in [0.4, 0.5) is 14.9 Å². The van der Waals surface area contributed by atoms with E-state index in [9.17, 15) is 18.8 Å². The summed E-state index contributed by atoms with van der Waals surface area (Å²) in [4.78, 5) is 39.0. The molecule has 0 bridgehead atoms. The van der Waals surface area contributed by atoms with Crippen LogP contribution in [0.15, 0.2) is 70.7 Å². The molecule has 4 rings (SSSR count). The lowest BCUT2D eigenvalue weighted by Gasteiger charge is -2.26. The van der Waals surface area contributed by atoms with Crippen molar-refractivity contribution in [3.8, 4) is 0 Å². The van der Waals surface area contributed by atoms with Crippen molar-refractivity contribution in [3.05, 3.63) is 103 Å². The summed E-state index contributed by atoms with van der Waals surface area (Å²) in [7, 11) is 0. The monoisotopic (exact) mass is 546 g/mol. The molecule has 5 nitrogen and oxygen atoms in total. The second kappa shape index (κ2) is 9.47. The van der Waals surface area contributed by atoms with Gasteiger partial charge < -0.3 is 0 Å². The fourth-order valence-corrected chi connectivity index (χ4v) is 4.05. The topological polar surface area (TPSA) is 66.5 Å². The maximum Gasteiger partial charge on any atom is 0.335 e. The summed E-state index contributed by atoms with van der Waals surface area (Å²) in [6.07, 6.45) is 1.62. The van der Waals surface area contributed by atoms with Gasteiger partial charge in [-0.1, -0.05) is 63.4 Å². The number of halogens is 4. The molecule has 1 saturated heterocycles. The van der Waals surface area contributed by atoms with Crippen LogP contribution in [0.5, 0.6) is 0 Å². The number of urea groups is 1. The number of carbonyl (C=O) groups excluding carboxylic acids is 3. The van der Waals surface area contributed by atoms with Gasteiger partial charge in [0, 0.05) is 10.9 Å². The zero-order chi connectivity index (χ0) is 23.7. The third kappa shape index (κ3) is 4.85. The first-order chi connectivity index (χ1) is 15.7. The lowest BCUT2D eigenvalue weighted by atomic mass is 9.97. The Labute approximate surface area is 206 Å². The summed E-state index contributed by atoms with van der Waals surface area (Å²) in [5.74, 6) is -2.01. The normalized spacial score (nSPS) is 15.2. The predicted molar refractivity (Wildman–Crippen MR) is 129 cm³/mol. The van der Waals surface area contributed by atoms with E-state index < -0.39 is 17.8 Å². The zero-order valence-electron chi connectivity index (χ0n) is 16.7. The number of nitrogens with one attached hydrogen (secondary N) is 1. The minimum Gasteiger partial charge on any atom is -0.273 e. The minimum absolute atomic E-state index is 0.149. The predicted octanol–water partition coefficient (Wildman–Crippen LogP) is 6.15. The van der Waals surface area contributed by atoms with Gasteiger partial charge in [0.15, 0.2) is 0 Å². The molecule has 0 radical (unpaired) electrons. The average Bonchev–Trinajstić information content (AvgIpc) is 2.76. The van der Waals surface area contributed by atoms with E-state index in [2.05, 4.69) is 21.2 Å². The number of carbonyl (C=O) groups is 3. The second-order valence-corrected chi connectivity index (χ2v) is 8.90. The molecule has 0 saturated carbocycles. The van der Waals surface area contributed by atoms with Crippen LogP contribution in [0.25, 0.3) is 6.08 Å². The molecule has 4 amide bonds. The number of anilines is 1. The molecule has 0 unspecified atom stereocenters. The van der Waals surface area contributed by atoms with Gasteiger partial charge in [-0.25, -0.2) is 14.1 Å². The quantitative estimate of drug-likeness (QED) is 0.314. The second-order valence-electron chi connectivity index (χ2n) is 7.17. The lowest BCUT2D eigenvalue weighted by molar-refractivity contribution is -0.122. The van der Waals surface area contributed by atoms with Crippen LogP contribution in [0.1, 0.15) is 16.7 Å². The van der Waals surface area contributed by atoms with Gasteiger partial charge in [0.05, 0.1) is 15.7 Å². The van der Waals surface area contributed by atoms with Crippen molar-refractivity contribution < 1.29 is 18.8 Å². The van der Waals surface area contributed by atoms with Gasteiger partial charge in [0.25, 0.3) is 11.8 Å². The number of rotatable bonds is 4. The lowest BCUT2D eigenvalue weighted by Crippen LogP contribution is -2.54. The van der Waals surface area contributed by atoms with Crippen LogP contribution >= 0.6 is 39.1 Å². The molecule has 1 fully saturated rings. The fraction of sp³-hybridized carbons (Fsp3) is 0.0417. The molecule has 1 N–H and O–H groups in total. The van der Waals surface area contributed by atoms with Crippen LogP contribution in [0.2, 0.25) is 10.0 Å². The number of barbiturate groups is 1. The highest BCUT2D eigenvalue weighted by Crippen LogP contribution is 2.30. The molecule has 9 heteroatoms. The van der Waals surface area contributed by atoms with E-state index in [1.165, 1.54) is 30.3 Å². The molecule has 3 aromatic carbocycles. The van der Waals surface area contributed by atoms with Crippen LogP contribution in [0, 0.1) is 5.82 Å². The third-order valence-corrected chi connectivity index (χ3v) is 6.24. The maximum atomic E-state index is 14.2. The summed E-state index contributed by atoms with van der Waals surface area (Å²) in [6.45, 7) is 0. The van der Waals surface area contributed by atoms with Crippen molar-refractivity contribution in [2.75, 3.05) is 4.90 Å². The third-order valence-electron chi connectivity index (χ3n) is 5.01. The molecule has 3 aromatic rings. The van der Waals surface area contributed by atoms with Gasteiger partial charge in [-0.3, -0.25) is 14.9 Å². The fourth-order valence-electron chi connectivity index (χ4n) is 3.38. The maximum absolute atomic E-state index is 14.2. The molecule has 166 valence electrons. The number of nitrogens with zero attached hydrogens (tertiary/aromatic N) is 1. The van der Waals surface area contributed by atoms with Gasteiger partial charge in [-0.2, -0.15) is 0 Å². The van der Waals surface area contributed by atoms with E-state index in [1.54, 1.807) is 36.4 Å². The Morgan fingerprint density at radius 1 is 0.939 bits per heavy atom. The SMILES string of the molecule is O=C1NC(=O)N(c2ccc(Cl)c(Cl)c2)C(=O)/C1=C/c1cc(Br)ccc1Cc1ccccc1F. The summed E-state index contributed by atoms with van der Waals surface area (Å²) in [6, 6.07) is 15.0. The van der Waals surface area contributed by atoms with Crippen molar-refractivity contribution in [2.24, 2.45) is 0 Å². The van der Waals surface area contributed by atoms with Gasteiger partial charge in [0.1, 0.15) is 11.4 Å². The van der Waals surface area contributed by atoms with Crippen LogP contribution in [-0.2, 0) is 16.0 Å². The Kier molecular flexibility index (Phi) is 6.65. The van der Waals surface area contributed by atoms with Gasteiger partial charge in [-0.15, -0.1) is 0 Å². The molecule has 0 atom stereocenters. The van der Waals surface area contributed by atoms with Crippen molar-refractivity contribution in [3.63, 3.8) is 0 Å². The molecule has 0 aliphatic carbocycles. The standard InChI is InChI=1S/C24H14BrCl2FN2O3/c25-16-6-5-13(9-14-3-1-2-4-21(14)28)15(10-16)11-18-22(31)29-24(33)30(23(18)32)17-7-8-19(26)20(27)12-17/h1-8,10-12H,9H2,(H,29,31,33)/b18-11+. The van der Waals surface area contributed by atoms with E-state index in [-0.39, 0.29) is 33.5 Å².